The second-order valence-electron chi connectivity index (χ2n) is 6.04. The fourth-order valence-electron chi connectivity index (χ4n) is 2.95. The van der Waals surface area contributed by atoms with Crippen molar-refractivity contribution < 1.29 is 14.3 Å². The van der Waals surface area contributed by atoms with Crippen molar-refractivity contribution in [2.75, 3.05) is 18.1 Å². The standard InChI is InChI=1S/C20H22N2O3/c1-2-25-18-10-8-17(9-11-18)22-14-16(12-19(22)23)20(24)21-13-15-6-4-3-5-7-15/h3-11,16H,2,12-14H2,1H3,(H,21,24)/t16-/m1/s1. The molecule has 0 spiro atoms. The zero-order chi connectivity index (χ0) is 17.6. The van der Waals surface area contributed by atoms with Gasteiger partial charge in [0, 0.05) is 25.2 Å². The van der Waals surface area contributed by atoms with Crippen LogP contribution in [-0.4, -0.2) is 25.0 Å². The maximum absolute atomic E-state index is 12.4. The Hall–Kier alpha value is -2.82. The van der Waals surface area contributed by atoms with Gasteiger partial charge in [-0.25, -0.2) is 0 Å². The number of nitrogens with zero attached hydrogens (tertiary/aromatic N) is 1. The van der Waals surface area contributed by atoms with Crippen molar-refractivity contribution >= 4 is 17.5 Å². The number of hydrogen-bond acceptors (Lipinski definition) is 3. The van der Waals surface area contributed by atoms with Crippen LogP contribution < -0.4 is 15.0 Å². The van der Waals surface area contributed by atoms with Crippen molar-refractivity contribution in [1.29, 1.82) is 0 Å². The molecule has 130 valence electrons. The van der Waals surface area contributed by atoms with Gasteiger partial charge in [-0.3, -0.25) is 9.59 Å². The number of carbonyl (C=O) groups is 2. The number of rotatable bonds is 6. The van der Waals surface area contributed by atoms with Crippen LogP contribution in [0, 0.1) is 5.92 Å². The SMILES string of the molecule is CCOc1ccc(N2C[C@H](C(=O)NCc3ccccc3)CC2=O)cc1. The molecule has 1 aliphatic rings. The summed E-state index contributed by atoms with van der Waals surface area (Å²) in [5.41, 5.74) is 1.84. The van der Waals surface area contributed by atoms with E-state index in [2.05, 4.69) is 5.32 Å². The third-order valence-electron chi connectivity index (χ3n) is 4.26. The molecule has 5 nitrogen and oxygen atoms in total. The highest BCUT2D eigenvalue weighted by atomic mass is 16.5. The molecule has 1 aliphatic heterocycles. The van der Waals surface area contributed by atoms with Gasteiger partial charge in [0.1, 0.15) is 5.75 Å². The first kappa shape index (κ1) is 17.0. The number of ether oxygens (including phenoxy) is 1. The van der Waals surface area contributed by atoms with Crippen LogP contribution in [0.5, 0.6) is 5.75 Å². The van der Waals surface area contributed by atoms with Gasteiger partial charge in [-0.1, -0.05) is 30.3 Å². The van der Waals surface area contributed by atoms with E-state index in [4.69, 9.17) is 4.74 Å². The van der Waals surface area contributed by atoms with Crippen molar-refractivity contribution in [3.8, 4) is 5.75 Å². The van der Waals surface area contributed by atoms with Crippen molar-refractivity contribution in [2.24, 2.45) is 5.92 Å². The normalized spacial score (nSPS) is 16.8. The van der Waals surface area contributed by atoms with Crippen molar-refractivity contribution in [3.63, 3.8) is 0 Å². The summed E-state index contributed by atoms with van der Waals surface area (Å²) in [5, 5.41) is 2.92. The van der Waals surface area contributed by atoms with Gasteiger partial charge >= 0.3 is 0 Å². The second-order valence-corrected chi connectivity index (χ2v) is 6.04. The molecule has 0 aliphatic carbocycles. The highest BCUT2D eigenvalue weighted by molar-refractivity contribution is 6.00. The largest absolute Gasteiger partial charge is 0.494 e. The van der Waals surface area contributed by atoms with E-state index < -0.39 is 0 Å². The van der Waals surface area contributed by atoms with E-state index in [1.54, 1.807) is 4.90 Å². The van der Waals surface area contributed by atoms with Crippen molar-refractivity contribution in [1.82, 2.24) is 5.32 Å². The van der Waals surface area contributed by atoms with Gasteiger partial charge in [0.05, 0.1) is 12.5 Å². The minimum absolute atomic E-state index is 0.0241. The van der Waals surface area contributed by atoms with Crippen LogP contribution in [0.15, 0.2) is 54.6 Å². The van der Waals surface area contributed by atoms with Gasteiger partial charge in [0.25, 0.3) is 0 Å². The molecule has 5 heteroatoms. The number of carbonyl (C=O) groups excluding carboxylic acids is 2. The number of hydrogen-bond donors (Lipinski definition) is 1. The van der Waals surface area contributed by atoms with Gasteiger partial charge in [-0.05, 0) is 36.8 Å². The first-order valence-electron chi connectivity index (χ1n) is 8.52. The molecule has 2 aromatic carbocycles. The Kier molecular flexibility index (Phi) is 5.33. The number of benzene rings is 2. The molecule has 25 heavy (non-hydrogen) atoms. The Labute approximate surface area is 147 Å². The Bertz CT molecular complexity index is 728. The summed E-state index contributed by atoms with van der Waals surface area (Å²) in [6.07, 6.45) is 0.244. The molecule has 1 N–H and O–H groups in total. The van der Waals surface area contributed by atoms with Gasteiger partial charge in [-0.2, -0.15) is 0 Å². The Balaban J connectivity index is 1.58. The zero-order valence-corrected chi connectivity index (χ0v) is 14.3. The number of nitrogens with one attached hydrogen (secondary N) is 1. The zero-order valence-electron chi connectivity index (χ0n) is 14.3. The first-order valence-corrected chi connectivity index (χ1v) is 8.52. The lowest BCUT2D eigenvalue weighted by Crippen LogP contribution is -2.32. The molecular weight excluding hydrogens is 316 g/mol. The summed E-state index contributed by atoms with van der Waals surface area (Å²) < 4.78 is 5.42. The monoisotopic (exact) mass is 338 g/mol. The molecule has 1 atom stereocenters. The highest BCUT2D eigenvalue weighted by Crippen LogP contribution is 2.27. The minimum Gasteiger partial charge on any atom is -0.494 e. The van der Waals surface area contributed by atoms with Crippen LogP contribution in [0.25, 0.3) is 0 Å². The van der Waals surface area contributed by atoms with Crippen LogP contribution in [-0.2, 0) is 16.1 Å². The summed E-state index contributed by atoms with van der Waals surface area (Å²) in [5.74, 6) is 0.354. The number of anilines is 1. The molecule has 3 rings (SSSR count). The number of amides is 2. The summed E-state index contributed by atoms with van der Waals surface area (Å²) in [7, 11) is 0. The Morgan fingerprint density at radius 1 is 1.16 bits per heavy atom. The van der Waals surface area contributed by atoms with Crippen LogP contribution in [0.3, 0.4) is 0 Å². The van der Waals surface area contributed by atoms with Crippen molar-refractivity contribution in [2.45, 2.75) is 19.9 Å². The quantitative estimate of drug-likeness (QED) is 0.881. The maximum atomic E-state index is 12.4. The molecule has 1 fully saturated rings. The molecule has 1 heterocycles. The lowest BCUT2D eigenvalue weighted by atomic mass is 10.1. The minimum atomic E-state index is -0.317. The lowest BCUT2D eigenvalue weighted by molar-refractivity contribution is -0.126. The molecule has 0 bridgehead atoms. The first-order chi connectivity index (χ1) is 12.2. The second kappa shape index (κ2) is 7.83. The molecule has 2 aromatic rings. The lowest BCUT2D eigenvalue weighted by Gasteiger charge is -2.17. The molecule has 0 saturated carbocycles. The Morgan fingerprint density at radius 3 is 2.56 bits per heavy atom. The van der Waals surface area contributed by atoms with Gasteiger partial charge in [-0.15, -0.1) is 0 Å². The summed E-state index contributed by atoms with van der Waals surface area (Å²) >= 11 is 0. The topological polar surface area (TPSA) is 58.6 Å². The van der Waals surface area contributed by atoms with Crippen LogP contribution in [0.1, 0.15) is 18.9 Å². The highest BCUT2D eigenvalue weighted by Gasteiger charge is 2.34. The maximum Gasteiger partial charge on any atom is 0.227 e. The van der Waals surface area contributed by atoms with E-state index in [1.165, 1.54) is 0 Å². The molecule has 1 saturated heterocycles. The predicted octanol–water partition coefficient (Wildman–Crippen LogP) is 2.75. The molecule has 2 amide bonds. The fourth-order valence-corrected chi connectivity index (χ4v) is 2.95. The van der Waals surface area contributed by atoms with Crippen LogP contribution in [0.4, 0.5) is 5.69 Å². The average molecular weight is 338 g/mol. The van der Waals surface area contributed by atoms with Gasteiger partial charge < -0.3 is 15.0 Å². The van der Waals surface area contributed by atoms with E-state index in [1.807, 2.05) is 61.5 Å². The molecular formula is C20H22N2O3. The van der Waals surface area contributed by atoms with E-state index >= 15 is 0 Å². The third-order valence-corrected chi connectivity index (χ3v) is 4.26. The van der Waals surface area contributed by atoms with Crippen LogP contribution in [0.2, 0.25) is 0 Å². The van der Waals surface area contributed by atoms with E-state index in [-0.39, 0.29) is 24.2 Å². The average Bonchev–Trinajstić information content (AvgIpc) is 3.03. The third kappa shape index (κ3) is 4.18. The van der Waals surface area contributed by atoms with Crippen LogP contribution >= 0.6 is 0 Å². The summed E-state index contributed by atoms with van der Waals surface area (Å²) in [6.45, 7) is 3.42. The summed E-state index contributed by atoms with van der Waals surface area (Å²) in [4.78, 5) is 26.3. The predicted molar refractivity (Wildman–Crippen MR) is 96.4 cm³/mol. The molecule has 0 radical (unpaired) electrons. The molecule has 0 unspecified atom stereocenters. The van der Waals surface area contributed by atoms with Crippen molar-refractivity contribution in [3.05, 3.63) is 60.2 Å². The van der Waals surface area contributed by atoms with E-state index in [0.717, 1.165) is 17.0 Å². The smallest absolute Gasteiger partial charge is 0.227 e. The molecule has 0 aromatic heterocycles. The van der Waals surface area contributed by atoms with E-state index in [9.17, 15) is 9.59 Å². The summed E-state index contributed by atoms with van der Waals surface area (Å²) in [6, 6.07) is 17.1. The fraction of sp³-hybridized carbons (Fsp3) is 0.300. The van der Waals surface area contributed by atoms with E-state index in [0.29, 0.717) is 19.7 Å². The van der Waals surface area contributed by atoms with Gasteiger partial charge in [0.15, 0.2) is 0 Å². The van der Waals surface area contributed by atoms with Gasteiger partial charge in [0.2, 0.25) is 11.8 Å². The Morgan fingerprint density at radius 2 is 1.88 bits per heavy atom.